The van der Waals surface area contributed by atoms with Crippen LogP contribution in [0.2, 0.25) is 0 Å². The molecule has 3 rings (SSSR count). The van der Waals surface area contributed by atoms with Crippen molar-refractivity contribution in [2.75, 3.05) is 12.4 Å². The Morgan fingerprint density at radius 2 is 1.76 bits per heavy atom. The molecule has 1 atom stereocenters. The maximum Gasteiger partial charge on any atom is 0.324 e. The number of carbonyl (C=O) groups is 1. The zero-order valence-electron chi connectivity index (χ0n) is 18.9. The number of nitrogen functional groups attached to an aromatic ring is 1. The number of amidine groups is 1. The number of nitrogens with zero attached hydrogens (tertiary/aromatic N) is 1. The monoisotopic (exact) mass is 481 g/mol. The number of nitrogens with two attached hydrogens (primary N) is 2. The second-order valence-corrected chi connectivity index (χ2v) is 9.16. The van der Waals surface area contributed by atoms with Crippen molar-refractivity contribution >= 4 is 27.6 Å². The van der Waals surface area contributed by atoms with Crippen LogP contribution >= 0.6 is 0 Å². The summed E-state index contributed by atoms with van der Waals surface area (Å²) in [6.45, 7) is 1.99. The van der Waals surface area contributed by atoms with Gasteiger partial charge in [0.25, 0.3) is 0 Å². The van der Waals surface area contributed by atoms with E-state index in [2.05, 4.69) is 5.32 Å². The Hall–Kier alpha value is -3.73. The first-order chi connectivity index (χ1) is 16.1. The van der Waals surface area contributed by atoms with Gasteiger partial charge in [-0.1, -0.05) is 48.5 Å². The van der Waals surface area contributed by atoms with Crippen molar-refractivity contribution in [3.8, 4) is 11.1 Å². The van der Waals surface area contributed by atoms with Gasteiger partial charge < -0.3 is 15.8 Å². The second-order valence-electron chi connectivity index (χ2n) is 7.63. The number of amides is 2. The number of anilines is 1. The van der Waals surface area contributed by atoms with Crippen molar-refractivity contribution < 1.29 is 17.9 Å². The third kappa shape index (κ3) is 5.98. The third-order valence-corrected chi connectivity index (χ3v) is 6.24. The summed E-state index contributed by atoms with van der Waals surface area (Å²) in [7, 11) is -2.38. The van der Waals surface area contributed by atoms with Crippen LogP contribution in [-0.4, -0.2) is 38.5 Å². The minimum Gasteiger partial charge on any atom is -0.384 e. The summed E-state index contributed by atoms with van der Waals surface area (Å²) in [5.41, 5.74) is 8.58. The van der Waals surface area contributed by atoms with Crippen LogP contribution in [0.1, 0.15) is 18.1 Å². The van der Waals surface area contributed by atoms with E-state index >= 15 is 0 Å². The van der Waals surface area contributed by atoms with Crippen molar-refractivity contribution in [3.63, 3.8) is 0 Å². The molecule has 178 valence electrons. The maximum absolute atomic E-state index is 13.0. The Balaban J connectivity index is 1.80. The van der Waals surface area contributed by atoms with E-state index < -0.39 is 16.3 Å². The number of carbonyl (C=O) groups excluding carboxylic acids is 1. The van der Waals surface area contributed by atoms with Crippen molar-refractivity contribution in [2.24, 2.45) is 10.9 Å². The van der Waals surface area contributed by atoms with Gasteiger partial charge >= 0.3 is 6.03 Å². The van der Waals surface area contributed by atoms with Gasteiger partial charge in [0.1, 0.15) is 12.1 Å². The molecule has 1 unspecified atom stereocenters. The predicted octanol–water partition coefficient (Wildman–Crippen LogP) is 3.31. The number of methoxy groups -OCH3 is 1. The lowest BCUT2D eigenvalue weighted by Gasteiger charge is -2.28. The van der Waals surface area contributed by atoms with E-state index in [9.17, 15) is 13.2 Å². The van der Waals surface area contributed by atoms with Gasteiger partial charge in [-0.25, -0.2) is 18.4 Å². The van der Waals surface area contributed by atoms with E-state index in [1.807, 2.05) is 6.07 Å². The van der Waals surface area contributed by atoms with Crippen LogP contribution in [0, 0.1) is 5.41 Å². The topological polar surface area (TPSA) is 152 Å². The van der Waals surface area contributed by atoms with E-state index in [1.165, 1.54) is 18.1 Å². The summed E-state index contributed by atoms with van der Waals surface area (Å²) in [6.07, 6.45) is -0.526. The molecular weight excluding hydrogens is 454 g/mol. The molecule has 3 aromatic rings. The van der Waals surface area contributed by atoms with Crippen LogP contribution in [0.4, 0.5) is 10.5 Å². The van der Waals surface area contributed by atoms with Crippen molar-refractivity contribution in [2.45, 2.75) is 24.6 Å². The van der Waals surface area contributed by atoms with Crippen LogP contribution in [0.5, 0.6) is 0 Å². The minimum absolute atomic E-state index is 0.0275. The first-order valence-electron chi connectivity index (χ1n) is 10.4. The van der Waals surface area contributed by atoms with Crippen LogP contribution < -0.4 is 16.2 Å². The molecule has 0 saturated carbocycles. The molecule has 0 aliphatic heterocycles. The lowest BCUT2D eigenvalue weighted by molar-refractivity contribution is 0.00508. The van der Waals surface area contributed by atoms with Crippen molar-refractivity contribution in [1.29, 1.82) is 5.41 Å². The van der Waals surface area contributed by atoms with E-state index in [4.69, 9.17) is 21.0 Å². The van der Waals surface area contributed by atoms with Gasteiger partial charge in [-0.3, -0.25) is 10.3 Å². The molecular formula is C24H27N5O4S. The molecule has 0 radical (unpaired) electrons. The van der Waals surface area contributed by atoms with Gasteiger partial charge in [0.2, 0.25) is 10.0 Å². The smallest absolute Gasteiger partial charge is 0.324 e. The fourth-order valence-corrected chi connectivity index (χ4v) is 4.17. The van der Waals surface area contributed by atoms with Gasteiger partial charge in [-0.05, 0) is 42.3 Å². The number of rotatable bonds is 8. The molecule has 10 heteroatoms. The highest BCUT2D eigenvalue weighted by Gasteiger charge is 2.21. The summed E-state index contributed by atoms with van der Waals surface area (Å²) in [4.78, 5) is 14.6. The zero-order valence-corrected chi connectivity index (χ0v) is 19.7. The summed E-state index contributed by atoms with van der Waals surface area (Å²) in [5, 5.41) is 15.8. The minimum atomic E-state index is -3.88. The fourth-order valence-electron chi connectivity index (χ4n) is 3.41. The summed E-state index contributed by atoms with van der Waals surface area (Å²) >= 11 is 0. The molecule has 0 aliphatic carbocycles. The molecule has 3 aromatic carbocycles. The van der Waals surface area contributed by atoms with Crippen LogP contribution in [0.3, 0.4) is 0 Å². The molecule has 6 N–H and O–H groups in total. The number of nitrogens with one attached hydrogen (secondary N) is 2. The summed E-state index contributed by atoms with van der Waals surface area (Å²) < 4.78 is 29.2. The number of sulfonamides is 1. The van der Waals surface area contributed by atoms with Crippen LogP contribution in [-0.2, 0) is 21.3 Å². The highest BCUT2D eigenvalue weighted by molar-refractivity contribution is 7.89. The lowest BCUT2D eigenvalue weighted by atomic mass is 10.1. The third-order valence-electron chi connectivity index (χ3n) is 5.27. The Morgan fingerprint density at radius 1 is 1.09 bits per heavy atom. The average molecular weight is 482 g/mol. The average Bonchev–Trinajstić information content (AvgIpc) is 2.82. The Kier molecular flexibility index (Phi) is 7.67. The standard InChI is InChI=1S/C24H27N5O4S/c1-16(33-2)29(15-17-6-5-7-19(14-17)23(25)26)24(30)28-20-12-10-18(11-13-20)21-8-3-4-9-22(21)34(27,31)32/h3-14,16H,15H2,1-2H3,(H3,25,26)(H,28,30)(H2,27,31,32). The number of hydrogen-bond acceptors (Lipinski definition) is 5. The maximum atomic E-state index is 13.0. The SMILES string of the molecule is COC(C)N(Cc1cccc(C(=N)N)c1)C(=O)Nc1ccc(-c2ccccc2S(N)(=O)=O)cc1. The molecule has 0 heterocycles. The van der Waals surface area contributed by atoms with Gasteiger partial charge in [-0.2, -0.15) is 0 Å². The van der Waals surface area contributed by atoms with E-state index in [-0.39, 0.29) is 23.3 Å². The van der Waals surface area contributed by atoms with Crippen molar-refractivity contribution in [3.05, 3.63) is 83.9 Å². The lowest BCUT2D eigenvalue weighted by Crippen LogP contribution is -2.41. The number of primary sulfonamides is 1. The molecule has 0 aliphatic rings. The highest BCUT2D eigenvalue weighted by Crippen LogP contribution is 2.27. The van der Waals surface area contributed by atoms with E-state index in [0.717, 1.165) is 5.56 Å². The van der Waals surface area contributed by atoms with Crippen LogP contribution in [0.25, 0.3) is 11.1 Å². The van der Waals surface area contributed by atoms with Gasteiger partial charge in [-0.15, -0.1) is 0 Å². The first-order valence-corrected chi connectivity index (χ1v) is 11.9. The van der Waals surface area contributed by atoms with Gasteiger partial charge in [0.15, 0.2) is 0 Å². The second kappa shape index (κ2) is 10.5. The van der Waals surface area contributed by atoms with E-state index in [1.54, 1.807) is 67.6 Å². The molecule has 34 heavy (non-hydrogen) atoms. The predicted molar refractivity (Wildman–Crippen MR) is 132 cm³/mol. The quantitative estimate of drug-likeness (QED) is 0.221. The summed E-state index contributed by atoms with van der Waals surface area (Å²) in [6, 6.07) is 19.9. The van der Waals surface area contributed by atoms with Crippen molar-refractivity contribution in [1.82, 2.24) is 4.90 Å². The Bertz CT molecular complexity index is 1290. The Morgan fingerprint density at radius 3 is 2.38 bits per heavy atom. The highest BCUT2D eigenvalue weighted by atomic mass is 32.2. The molecule has 0 saturated heterocycles. The molecule has 0 aromatic heterocycles. The number of benzene rings is 3. The molecule has 0 bridgehead atoms. The number of ether oxygens (including phenoxy) is 1. The normalized spacial score (nSPS) is 12.1. The number of hydrogen-bond donors (Lipinski definition) is 4. The largest absolute Gasteiger partial charge is 0.384 e. The zero-order chi connectivity index (χ0) is 24.9. The first kappa shape index (κ1) is 24.9. The summed E-state index contributed by atoms with van der Waals surface area (Å²) in [5.74, 6) is -0.0539. The molecule has 2 amide bonds. The fraction of sp³-hybridized carbons (Fsp3) is 0.167. The number of urea groups is 1. The van der Waals surface area contributed by atoms with Gasteiger partial charge in [0, 0.05) is 30.5 Å². The van der Waals surface area contributed by atoms with E-state index in [0.29, 0.717) is 22.4 Å². The molecule has 0 spiro atoms. The van der Waals surface area contributed by atoms with Crippen LogP contribution in [0.15, 0.2) is 77.7 Å². The van der Waals surface area contributed by atoms with Gasteiger partial charge in [0.05, 0.1) is 4.90 Å². The Labute approximate surface area is 198 Å². The molecule has 0 fully saturated rings. The molecule has 9 nitrogen and oxygen atoms in total.